The average molecular weight is 498 g/mol. The van der Waals surface area contributed by atoms with E-state index in [9.17, 15) is 0 Å². The largest absolute Gasteiger partial charge is 0.355 e. The van der Waals surface area contributed by atoms with Crippen LogP contribution in [0.5, 0.6) is 0 Å². The number of benzene rings is 1. The van der Waals surface area contributed by atoms with Crippen molar-refractivity contribution in [2.45, 2.75) is 0 Å². The molecule has 1 radical (unpaired) electrons. The van der Waals surface area contributed by atoms with Crippen molar-refractivity contribution in [2.24, 2.45) is 0 Å². The molecule has 4 aromatic heterocycles. The molecule has 0 saturated carbocycles. The van der Waals surface area contributed by atoms with Gasteiger partial charge in [-0.3, -0.25) is 4.98 Å². The van der Waals surface area contributed by atoms with Crippen molar-refractivity contribution in [3.63, 3.8) is 0 Å². The molecule has 0 unspecified atom stereocenters. The molecule has 6 heteroatoms. The Morgan fingerprint density at radius 3 is 1.54 bits per heavy atom. The van der Waals surface area contributed by atoms with Gasteiger partial charge in [-0.15, -0.1) is 0 Å². The molecular weight excluding hydrogens is 477 g/mol. The van der Waals surface area contributed by atoms with Crippen molar-refractivity contribution in [1.82, 2.24) is 24.9 Å². The predicted octanol–water partition coefficient (Wildman–Crippen LogP) is 6.89. The molecule has 2 N–H and O–H groups in total. The first-order chi connectivity index (χ1) is 16.8. The maximum Gasteiger partial charge on any atom is 0.0701 e. The third-order valence-electron chi connectivity index (χ3n) is 5.55. The molecule has 2 aliphatic heterocycles. The second-order valence-corrected chi connectivity index (χ2v) is 8.10. The molecule has 0 spiro atoms. The third-order valence-corrected chi connectivity index (χ3v) is 5.55. The summed E-state index contributed by atoms with van der Waals surface area (Å²) in [5, 5.41) is 1.20. The molecule has 0 atom stereocenters. The van der Waals surface area contributed by atoms with E-state index in [-0.39, 0.29) is 16.8 Å². The number of rotatable bonds is 0. The van der Waals surface area contributed by atoms with Crippen LogP contribution in [-0.2, 0) is 16.8 Å². The van der Waals surface area contributed by atoms with Crippen molar-refractivity contribution in [1.29, 1.82) is 0 Å². The number of pyridine rings is 1. The van der Waals surface area contributed by atoms with E-state index in [4.69, 9.17) is 0 Å². The van der Waals surface area contributed by atoms with E-state index in [1.165, 1.54) is 5.39 Å². The minimum absolute atomic E-state index is 0. The zero-order chi connectivity index (χ0) is 22.7. The second-order valence-electron chi connectivity index (χ2n) is 8.10. The number of aromatic amines is 2. The summed E-state index contributed by atoms with van der Waals surface area (Å²) in [6.07, 6.45) is 9.86. The van der Waals surface area contributed by atoms with Gasteiger partial charge in [0.05, 0.1) is 28.3 Å². The Morgan fingerprint density at radius 2 is 0.971 bits per heavy atom. The molecule has 0 amide bonds. The molecule has 5 aromatic rings. The van der Waals surface area contributed by atoms with Crippen LogP contribution in [0.15, 0.2) is 91.1 Å². The van der Waals surface area contributed by atoms with E-state index in [2.05, 4.69) is 67.4 Å². The molecule has 8 bridgehead atoms. The van der Waals surface area contributed by atoms with Crippen LogP contribution >= 0.6 is 0 Å². The molecule has 0 aliphatic carbocycles. The summed E-state index contributed by atoms with van der Waals surface area (Å²) < 4.78 is 0. The summed E-state index contributed by atoms with van der Waals surface area (Å²) in [6, 6.07) is 28.5. The first-order valence-electron chi connectivity index (χ1n) is 11.1. The fourth-order valence-electron chi connectivity index (χ4n) is 3.96. The van der Waals surface area contributed by atoms with E-state index >= 15 is 0 Å². The number of hydrogen-bond donors (Lipinski definition) is 2. The third kappa shape index (κ3) is 5.29. The van der Waals surface area contributed by atoms with Crippen LogP contribution in [0.1, 0.15) is 22.8 Å². The molecule has 5 nitrogen and oxygen atoms in total. The number of aromatic nitrogens is 5. The minimum Gasteiger partial charge on any atom is -0.355 e. The molecule has 35 heavy (non-hydrogen) atoms. The first kappa shape index (κ1) is 22.5. The van der Waals surface area contributed by atoms with Gasteiger partial charge >= 0.3 is 0 Å². The fraction of sp³-hybridized carbons (Fsp3) is 0. The van der Waals surface area contributed by atoms with Crippen molar-refractivity contribution >= 4 is 57.3 Å². The first-order valence-corrected chi connectivity index (χ1v) is 11.1. The Labute approximate surface area is 212 Å². The van der Waals surface area contributed by atoms with Crippen molar-refractivity contribution in [3.8, 4) is 0 Å². The summed E-state index contributed by atoms with van der Waals surface area (Å²) in [5.74, 6) is 0. The van der Waals surface area contributed by atoms with E-state index in [1.807, 2.05) is 73.0 Å². The van der Waals surface area contributed by atoms with Gasteiger partial charge in [0.25, 0.3) is 0 Å². The molecule has 1 aromatic carbocycles. The standard InChI is InChI=1S/C20H14N4.C9H7N.Co/c1-2-14-10-16-5-6-18(23-16)12-20-8-7-19(24-20)11-17-4-3-15(22-17)9-13(1)21-14;1-2-6-9-8(4-1)5-3-7-10-9;/h1-12,21-22H;1-7H;. The number of para-hydroxylation sites is 1. The van der Waals surface area contributed by atoms with Gasteiger partial charge < -0.3 is 9.97 Å². The van der Waals surface area contributed by atoms with E-state index in [1.54, 1.807) is 0 Å². The van der Waals surface area contributed by atoms with E-state index < -0.39 is 0 Å². The van der Waals surface area contributed by atoms with Crippen molar-refractivity contribution in [3.05, 3.63) is 114 Å². The van der Waals surface area contributed by atoms with Crippen LogP contribution in [-0.4, -0.2) is 24.9 Å². The van der Waals surface area contributed by atoms with Gasteiger partial charge in [-0.05, 0) is 85.0 Å². The Morgan fingerprint density at radius 1 is 0.486 bits per heavy atom. The second kappa shape index (κ2) is 9.93. The summed E-state index contributed by atoms with van der Waals surface area (Å²) in [6.45, 7) is 0. The van der Waals surface area contributed by atoms with E-state index in [0.29, 0.717) is 0 Å². The van der Waals surface area contributed by atoms with Crippen molar-refractivity contribution < 1.29 is 16.8 Å². The van der Waals surface area contributed by atoms with Gasteiger partial charge in [0, 0.05) is 50.4 Å². The zero-order valence-electron chi connectivity index (χ0n) is 18.6. The van der Waals surface area contributed by atoms with Gasteiger partial charge in [0.1, 0.15) is 0 Å². The molecule has 0 fully saturated rings. The van der Waals surface area contributed by atoms with Gasteiger partial charge in [-0.2, -0.15) is 0 Å². The SMILES string of the molecule is C1=Cc2cc3ccc(cc4ccc(cc5nc(cc1n2)C=C5)[nH]4)[nH]3.[Co].c1ccc2ncccc2c1. The van der Waals surface area contributed by atoms with Crippen LogP contribution in [0.25, 0.3) is 57.3 Å². The molecule has 171 valence electrons. The number of nitrogens with zero attached hydrogens (tertiary/aromatic N) is 3. The van der Waals surface area contributed by atoms with Crippen LogP contribution in [0.4, 0.5) is 0 Å². The van der Waals surface area contributed by atoms with Gasteiger partial charge in [0.2, 0.25) is 0 Å². The number of hydrogen-bond acceptors (Lipinski definition) is 3. The smallest absolute Gasteiger partial charge is 0.0701 e. The van der Waals surface area contributed by atoms with Gasteiger partial charge in [-0.25, -0.2) is 9.97 Å². The quantitative estimate of drug-likeness (QED) is 0.239. The predicted molar refractivity (Wildman–Crippen MR) is 141 cm³/mol. The fourth-order valence-corrected chi connectivity index (χ4v) is 3.96. The monoisotopic (exact) mass is 498 g/mol. The molecular formula is C29H21CoN5. The van der Waals surface area contributed by atoms with E-state index in [0.717, 1.165) is 50.4 Å². The Kier molecular flexibility index (Phi) is 6.39. The molecule has 2 aliphatic rings. The van der Waals surface area contributed by atoms with Crippen LogP contribution in [0.2, 0.25) is 0 Å². The van der Waals surface area contributed by atoms with Crippen LogP contribution < -0.4 is 0 Å². The van der Waals surface area contributed by atoms with Gasteiger partial charge in [0.15, 0.2) is 0 Å². The minimum atomic E-state index is 0. The van der Waals surface area contributed by atoms with Crippen LogP contribution in [0, 0.1) is 0 Å². The average Bonchev–Trinajstić information content (AvgIpc) is 3.66. The topological polar surface area (TPSA) is 70.2 Å². The van der Waals surface area contributed by atoms with Crippen LogP contribution in [0.3, 0.4) is 0 Å². The summed E-state index contributed by atoms with van der Waals surface area (Å²) in [5.41, 5.74) is 8.92. The molecule has 0 saturated heterocycles. The maximum atomic E-state index is 4.62. The Hall–Kier alpha value is -4.26. The number of nitrogens with one attached hydrogen (secondary N) is 2. The summed E-state index contributed by atoms with van der Waals surface area (Å²) in [7, 11) is 0. The number of fused-ring (bicyclic) bond motifs is 9. The summed E-state index contributed by atoms with van der Waals surface area (Å²) >= 11 is 0. The maximum absolute atomic E-state index is 4.62. The number of H-pyrrole nitrogens is 2. The van der Waals surface area contributed by atoms with Crippen molar-refractivity contribution in [2.75, 3.05) is 0 Å². The normalized spacial score (nSPS) is 11.5. The summed E-state index contributed by atoms with van der Waals surface area (Å²) in [4.78, 5) is 20.2. The zero-order valence-corrected chi connectivity index (χ0v) is 19.7. The Balaban J connectivity index is 0.000000194. The molecule has 6 heterocycles. The molecule has 7 rings (SSSR count). The Bertz CT molecular complexity index is 1570. The van der Waals surface area contributed by atoms with Gasteiger partial charge in [-0.1, -0.05) is 24.3 Å².